The molecule has 0 fully saturated rings. The number of hydrogen-bond donors (Lipinski definition) is 2. The van der Waals surface area contributed by atoms with Crippen molar-refractivity contribution < 1.29 is 22.8 Å². The van der Waals surface area contributed by atoms with Gasteiger partial charge in [-0.3, -0.25) is 4.55 Å². The van der Waals surface area contributed by atoms with Crippen LogP contribution in [0.1, 0.15) is 38.2 Å². The van der Waals surface area contributed by atoms with E-state index in [1.54, 1.807) is 18.2 Å². The summed E-state index contributed by atoms with van der Waals surface area (Å²) in [6.07, 6.45) is 4.76. The molecule has 0 atom stereocenters. The van der Waals surface area contributed by atoms with Gasteiger partial charge in [0, 0.05) is 0 Å². The second-order valence-corrected chi connectivity index (χ2v) is 7.05. The molecule has 2 rings (SSSR count). The fourth-order valence-corrected chi connectivity index (χ4v) is 2.95. The lowest BCUT2D eigenvalue weighted by Crippen LogP contribution is -2.01. The van der Waals surface area contributed by atoms with E-state index < -0.39 is 10.1 Å². The van der Waals surface area contributed by atoms with Gasteiger partial charge in [-0.1, -0.05) is 38.3 Å². The van der Waals surface area contributed by atoms with E-state index in [0.29, 0.717) is 23.5 Å². The van der Waals surface area contributed by atoms with Crippen LogP contribution >= 0.6 is 0 Å². The van der Waals surface area contributed by atoms with E-state index in [0.717, 1.165) is 25.7 Å². The third kappa shape index (κ3) is 4.97. The molecule has 0 bridgehead atoms. The quantitative estimate of drug-likeness (QED) is 0.539. The van der Waals surface area contributed by atoms with Crippen molar-refractivity contribution in [2.45, 2.75) is 43.9 Å². The van der Waals surface area contributed by atoms with Crippen molar-refractivity contribution in [2.24, 2.45) is 0 Å². The molecule has 0 aliphatic heterocycles. The van der Waals surface area contributed by atoms with Crippen LogP contribution in [0.15, 0.2) is 47.4 Å². The van der Waals surface area contributed by atoms with Crippen LogP contribution in [0.3, 0.4) is 0 Å². The van der Waals surface area contributed by atoms with Crippen molar-refractivity contribution >= 4 is 10.1 Å². The van der Waals surface area contributed by atoms with Crippen LogP contribution in [0.4, 0.5) is 0 Å². The fourth-order valence-electron chi connectivity index (χ4n) is 2.42. The largest absolute Gasteiger partial charge is 0.504 e. The van der Waals surface area contributed by atoms with Crippen LogP contribution in [0, 0.1) is 0 Å². The Balaban J connectivity index is 2.29. The monoisotopic (exact) mass is 350 g/mol. The summed E-state index contributed by atoms with van der Waals surface area (Å²) in [5, 5.41) is 9.83. The number of phenolic OH excluding ortho intramolecular Hbond substituents is 1. The second-order valence-electron chi connectivity index (χ2n) is 5.63. The zero-order valence-electron chi connectivity index (χ0n) is 13.6. The van der Waals surface area contributed by atoms with Crippen LogP contribution in [-0.2, 0) is 16.5 Å². The molecule has 0 saturated carbocycles. The summed E-state index contributed by atoms with van der Waals surface area (Å²) in [5.74, 6) is 0.778. The second kappa shape index (κ2) is 8.17. The lowest BCUT2D eigenvalue weighted by molar-refractivity contribution is 0.408. The van der Waals surface area contributed by atoms with Gasteiger partial charge in [0.15, 0.2) is 11.5 Å². The summed E-state index contributed by atoms with van der Waals surface area (Å²) < 4.78 is 37.7. The zero-order chi connectivity index (χ0) is 17.6. The van der Waals surface area contributed by atoms with Gasteiger partial charge in [0.1, 0.15) is 5.75 Å². The van der Waals surface area contributed by atoms with Crippen molar-refractivity contribution in [3.05, 3.63) is 48.0 Å². The molecule has 0 spiro atoms. The summed E-state index contributed by atoms with van der Waals surface area (Å²) in [6.45, 7) is 2.12. The van der Waals surface area contributed by atoms with Crippen LogP contribution in [0.25, 0.3) is 0 Å². The molecule has 130 valence electrons. The average molecular weight is 350 g/mol. The summed E-state index contributed by atoms with van der Waals surface area (Å²) >= 11 is 0. The Bertz CT molecular complexity index is 784. The van der Waals surface area contributed by atoms with Gasteiger partial charge < -0.3 is 9.84 Å². The number of rotatable bonds is 8. The third-order valence-electron chi connectivity index (χ3n) is 3.71. The first-order valence-corrected chi connectivity index (χ1v) is 9.42. The van der Waals surface area contributed by atoms with Gasteiger partial charge in [-0.2, -0.15) is 8.42 Å². The van der Waals surface area contributed by atoms with E-state index in [9.17, 15) is 18.1 Å². The zero-order valence-corrected chi connectivity index (χ0v) is 14.4. The normalized spacial score (nSPS) is 11.4. The third-order valence-corrected chi connectivity index (χ3v) is 4.56. The highest BCUT2D eigenvalue weighted by atomic mass is 32.2. The van der Waals surface area contributed by atoms with Crippen LogP contribution in [-0.4, -0.2) is 18.1 Å². The molecule has 0 aliphatic carbocycles. The van der Waals surface area contributed by atoms with E-state index in [1.165, 1.54) is 24.3 Å². The van der Waals surface area contributed by atoms with Crippen LogP contribution < -0.4 is 4.74 Å². The average Bonchev–Trinajstić information content (AvgIpc) is 2.54. The maximum absolute atomic E-state index is 11.4. The molecule has 5 nitrogen and oxygen atoms in total. The van der Waals surface area contributed by atoms with Crippen molar-refractivity contribution in [1.82, 2.24) is 0 Å². The number of benzene rings is 2. The highest BCUT2D eigenvalue weighted by Crippen LogP contribution is 2.33. The lowest BCUT2D eigenvalue weighted by atomic mass is 10.1. The van der Waals surface area contributed by atoms with Gasteiger partial charge >= 0.3 is 0 Å². The number of unbranched alkanes of at least 4 members (excludes halogenated alkanes) is 3. The maximum atomic E-state index is 11.4. The predicted octanol–water partition coefficient (Wildman–Crippen LogP) is 4.55. The Morgan fingerprint density at radius 2 is 1.75 bits per heavy atom. The molecule has 0 unspecified atom stereocenters. The van der Waals surface area contributed by atoms with Crippen molar-refractivity contribution in [3.8, 4) is 17.2 Å². The number of aryl methyl sites for hydroxylation is 1. The molecule has 0 aliphatic rings. The minimum absolute atomic E-state index is 0.00768. The highest BCUT2D eigenvalue weighted by molar-refractivity contribution is 7.85. The number of phenols is 1. The fraction of sp³-hybridized carbons (Fsp3) is 0.333. The first-order chi connectivity index (χ1) is 11.4. The van der Waals surface area contributed by atoms with E-state index in [1.807, 2.05) is 0 Å². The molecule has 24 heavy (non-hydrogen) atoms. The van der Waals surface area contributed by atoms with Gasteiger partial charge in [0.25, 0.3) is 10.1 Å². The predicted molar refractivity (Wildman–Crippen MR) is 92.3 cm³/mol. The number of ether oxygens (including phenoxy) is 1. The van der Waals surface area contributed by atoms with Crippen molar-refractivity contribution in [1.29, 1.82) is 0 Å². The molecular weight excluding hydrogens is 328 g/mol. The molecule has 6 heteroatoms. The lowest BCUT2D eigenvalue weighted by Gasteiger charge is -2.13. The Kier molecular flexibility index (Phi) is 6.23. The van der Waals surface area contributed by atoms with Gasteiger partial charge in [-0.25, -0.2) is 0 Å². The SMILES string of the molecule is CCCCCCc1cc(S(=O)(=O)O)ccc1Oc1ccccc1O. The molecule has 2 N–H and O–H groups in total. The highest BCUT2D eigenvalue weighted by Gasteiger charge is 2.15. The standard InChI is InChI=1S/C18H22O5S/c1-2-3-4-5-8-14-13-15(24(20,21)22)11-12-17(14)23-18-10-7-6-9-16(18)19/h6-7,9-13,19H,2-5,8H2,1H3,(H,20,21,22). The molecule has 0 aromatic heterocycles. The van der Waals surface area contributed by atoms with Crippen LogP contribution in [0.2, 0.25) is 0 Å². The summed E-state index contributed by atoms with van der Waals surface area (Å²) in [7, 11) is -4.26. The van der Waals surface area contributed by atoms with Gasteiger partial charge in [0.2, 0.25) is 0 Å². The molecular formula is C18H22O5S. The van der Waals surface area contributed by atoms with E-state index >= 15 is 0 Å². The van der Waals surface area contributed by atoms with Crippen LogP contribution in [0.5, 0.6) is 17.2 Å². The molecule has 0 saturated heterocycles. The Morgan fingerprint density at radius 1 is 1.00 bits per heavy atom. The number of para-hydroxylation sites is 2. The first kappa shape index (κ1) is 18.3. The number of hydrogen-bond acceptors (Lipinski definition) is 4. The maximum Gasteiger partial charge on any atom is 0.294 e. The number of aromatic hydroxyl groups is 1. The van der Waals surface area contributed by atoms with Gasteiger partial charge in [0.05, 0.1) is 4.90 Å². The topological polar surface area (TPSA) is 83.8 Å². The van der Waals surface area contributed by atoms with Gasteiger partial charge in [-0.15, -0.1) is 0 Å². The van der Waals surface area contributed by atoms with E-state index in [2.05, 4.69) is 6.92 Å². The summed E-state index contributed by atoms with van der Waals surface area (Å²) in [5.41, 5.74) is 0.685. The van der Waals surface area contributed by atoms with E-state index in [4.69, 9.17) is 4.74 Å². The molecule has 0 amide bonds. The first-order valence-electron chi connectivity index (χ1n) is 7.98. The van der Waals surface area contributed by atoms with Crippen molar-refractivity contribution in [3.63, 3.8) is 0 Å². The molecule has 2 aromatic carbocycles. The Hall–Kier alpha value is -2.05. The minimum Gasteiger partial charge on any atom is -0.504 e. The van der Waals surface area contributed by atoms with E-state index in [-0.39, 0.29) is 10.6 Å². The molecule has 0 radical (unpaired) electrons. The molecule has 2 aromatic rings. The molecule has 0 heterocycles. The smallest absolute Gasteiger partial charge is 0.294 e. The Morgan fingerprint density at radius 3 is 2.42 bits per heavy atom. The summed E-state index contributed by atoms with van der Waals surface area (Å²) in [4.78, 5) is -0.155. The minimum atomic E-state index is -4.26. The summed E-state index contributed by atoms with van der Waals surface area (Å²) in [6, 6.07) is 10.8. The Labute approximate surface area is 142 Å². The van der Waals surface area contributed by atoms with Crippen molar-refractivity contribution in [2.75, 3.05) is 0 Å². The van der Waals surface area contributed by atoms with Gasteiger partial charge in [-0.05, 0) is 48.7 Å².